The van der Waals surface area contributed by atoms with E-state index in [1.54, 1.807) is 0 Å². The van der Waals surface area contributed by atoms with Gasteiger partial charge in [0.05, 0.1) is 0 Å². The molecule has 0 nitrogen and oxygen atoms in total. The van der Waals surface area contributed by atoms with Crippen LogP contribution in [-0.2, 0) is 0 Å². The fourth-order valence-corrected chi connectivity index (χ4v) is 12.2. The van der Waals surface area contributed by atoms with Gasteiger partial charge in [-0.3, -0.25) is 0 Å². The summed E-state index contributed by atoms with van der Waals surface area (Å²) in [6, 6.07) is 107. The van der Waals surface area contributed by atoms with Crippen LogP contribution in [0.4, 0.5) is 0 Å². The van der Waals surface area contributed by atoms with Crippen LogP contribution in [0.2, 0.25) is 0 Å². The molecule has 0 saturated heterocycles. The molecule has 0 N–H and O–H groups in total. The predicted molar refractivity (Wildman–Crippen MR) is 314 cm³/mol. The molecular weight excluding hydrogens is 897 g/mol. The van der Waals surface area contributed by atoms with Crippen LogP contribution < -0.4 is 0 Å². The first kappa shape index (κ1) is 43.8. The van der Waals surface area contributed by atoms with Gasteiger partial charge in [-0.2, -0.15) is 0 Å². The third kappa shape index (κ3) is 8.36. The summed E-state index contributed by atoms with van der Waals surface area (Å²) >= 11 is 1.91. The molecular formula is C72H48S. The average Bonchev–Trinajstić information content (AvgIpc) is 3.88. The lowest BCUT2D eigenvalue weighted by atomic mass is 9.86. The summed E-state index contributed by atoms with van der Waals surface area (Å²) in [5.41, 5.74) is 24.2. The van der Waals surface area contributed by atoms with Crippen molar-refractivity contribution in [2.75, 3.05) is 0 Å². The topological polar surface area (TPSA) is 0 Å². The van der Waals surface area contributed by atoms with Crippen LogP contribution in [0.1, 0.15) is 0 Å². The second kappa shape index (κ2) is 19.2. The quantitative estimate of drug-likeness (QED) is 0.128. The first-order chi connectivity index (χ1) is 36.2. The summed E-state index contributed by atoms with van der Waals surface area (Å²) < 4.78 is 2.58. The highest BCUT2D eigenvalue weighted by Gasteiger charge is 2.21. The third-order valence-electron chi connectivity index (χ3n) is 14.3. The van der Waals surface area contributed by atoms with Gasteiger partial charge in [-0.1, -0.05) is 255 Å². The smallest absolute Gasteiger partial charge is 0.0434 e. The van der Waals surface area contributed by atoms with Gasteiger partial charge in [-0.25, -0.2) is 0 Å². The van der Waals surface area contributed by atoms with Crippen LogP contribution in [0.15, 0.2) is 291 Å². The van der Waals surface area contributed by atoms with Crippen molar-refractivity contribution in [1.82, 2.24) is 0 Å². The Kier molecular flexibility index (Phi) is 11.5. The summed E-state index contributed by atoms with van der Waals surface area (Å²) in [5, 5.41) is 2.55. The molecule has 1 heteroatoms. The number of hydrogen-bond acceptors (Lipinski definition) is 1. The van der Waals surface area contributed by atoms with E-state index < -0.39 is 0 Å². The van der Waals surface area contributed by atoms with Crippen LogP contribution in [0.5, 0.6) is 0 Å². The van der Waals surface area contributed by atoms with E-state index in [0.717, 1.165) is 0 Å². The van der Waals surface area contributed by atoms with Gasteiger partial charge < -0.3 is 0 Å². The highest BCUT2D eigenvalue weighted by atomic mass is 32.1. The van der Waals surface area contributed by atoms with E-state index in [9.17, 15) is 0 Å². The number of benzene rings is 12. The van der Waals surface area contributed by atoms with E-state index in [1.165, 1.54) is 131 Å². The van der Waals surface area contributed by atoms with E-state index in [1.807, 2.05) is 11.3 Å². The zero-order valence-corrected chi connectivity index (χ0v) is 40.9. The van der Waals surface area contributed by atoms with Gasteiger partial charge in [0.25, 0.3) is 0 Å². The van der Waals surface area contributed by atoms with Crippen molar-refractivity contribution in [2.24, 2.45) is 0 Å². The SMILES string of the molecule is c1ccc(-c2cc(-c3ccccc3)cc(-c3ccccc3-c3ccccc3-c3cccc4c3sc3c(-c5ccccc5-c5ccccc5-c5cc(-c6ccccc6)cc(-c6ccccc6)c5)cccc34)c2)cc1. The van der Waals surface area contributed by atoms with Crippen molar-refractivity contribution in [3.05, 3.63) is 291 Å². The first-order valence-corrected chi connectivity index (χ1v) is 25.9. The van der Waals surface area contributed by atoms with E-state index in [-0.39, 0.29) is 0 Å². The summed E-state index contributed by atoms with van der Waals surface area (Å²) in [7, 11) is 0. The van der Waals surface area contributed by atoms with Gasteiger partial charge in [0.1, 0.15) is 0 Å². The van der Waals surface area contributed by atoms with Crippen LogP contribution in [0.25, 0.3) is 131 Å². The fourth-order valence-electron chi connectivity index (χ4n) is 10.8. The first-order valence-electron chi connectivity index (χ1n) is 25.1. The fraction of sp³-hybridized carbons (Fsp3) is 0. The van der Waals surface area contributed by atoms with Crippen molar-refractivity contribution >= 4 is 31.5 Å². The van der Waals surface area contributed by atoms with Gasteiger partial charge in [-0.15, -0.1) is 11.3 Å². The molecule has 0 radical (unpaired) electrons. The highest BCUT2D eigenvalue weighted by molar-refractivity contribution is 7.26. The minimum Gasteiger partial charge on any atom is -0.134 e. The van der Waals surface area contributed by atoms with Crippen LogP contribution >= 0.6 is 11.3 Å². The van der Waals surface area contributed by atoms with E-state index >= 15 is 0 Å². The minimum absolute atomic E-state index is 1.19. The molecule has 73 heavy (non-hydrogen) atoms. The lowest BCUT2D eigenvalue weighted by Crippen LogP contribution is -1.91. The molecule has 0 fully saturated rings. The summed E-state index contributed by atoms with van der Waals surface area (Å²) in [4.78, 5) is 0. The Morgan fingerprint density at radius 2 is 0.370 bits per heavy atom. The third-order valence-corrected chi connectivity index (χ3v) is 15.6. The van der Waals surface area contributed by atoms with Crippen LogP contribution in [0, 0.1) is 0 Å². The number of fused-ring (bicyclic) bond motifs is 3. The van der Waals surface area contributed by atoms with E-state index in [2.05, 4.69) is 291 Å². The summed E-state index contributed by atoms with van der Waals surface area (Å²) in [6.07, 6.45) is 0. The second-order valence-corrected chi connectivity index (χ2v) is 19.7. The Balaban J connectivity index is 0.944. The summed E-state index contributed by atoms with van der Waals surface area (Å²) in [5.74, 6) is 0. The molecule has 0 saturated carbocycles. The molecule has 1 aromatic heterocycles. The maximum absolute atomic E-state index is 2.36. The molecule has 0 bridgehead atoms. The standard InChI is InChI=1S/C72H48S/c1-5-23-49(24-6-1)53-43-54(50-25-7-2-8-26-50)46-57(45-53)59-31-13-15-33-61(59)63-35-17-19-37-65(63)67-39-21-41-69-70-42-22-40-68(72(70)73-71(67)69)66-38-20-18-36-64(66)62-34-16-14-32-60(62)58-47-55(51-27-9-3-10-28-51)44-56(48-58)52-29-11-4-12-30-52/h1-48H. The van der Waals surface area contributed by atoms with E-state index in [0.29, 0.717) is 0 Å². The lowest BCUT2D eigenvalue weighted by Gasteiger charge is -2.17. The molecule has 0 unspecified atom stereocenters. The van der Waals surface area contributed by atoms with Crippen molar-refractivity contribution in [1.29, 1.82) is 0 Å². The maximum Gasteiger partial charge on any atom is 0.0434 e. The van der Waals surface area contributed by atoms with Crippen molar-refractivity contribution in [3.8, 4) is 111 Å². The number of thiophene rings is 1. The molecule has 12 aromatic carbocycles. The van der Waals surface area contributed by atoms with Gasteiger partial charge in [0.2, 0.25) is 0 Å². The predicted octanol–water partition coefficient (Wildman–Crippen LogP) is 20.7. The minimum atomic E-state index is 1.19. The van der Waals surface area contributed by atoms with Gasteiger partial charge in [0.15, 0.2) is 0 Å². The Labute approximate surface area is 431 Å². The molecule has 0 atom stereocenters. The van der Waals surface area contributed by atoms with Crippen molar-refractivity contribution < 1.29 is 0 Å². The largest absolute Gasteiger partial charge is 0.134 e. The Morgan fingerprint density at radius 3 is 0.671 bits per heavy atom. The van der Waals surface area contributed by atoms with Gasteiger partial charge in [-0.05, 0) is 137 Å². The zero-order chi connectivity index (χ0) is 48.5. The second-order valence-electron chi connectivity index (χ2n) is 18.7. The van der Waals surface area contributed by atoms with Gasteiger partial charge >= 0.3 is 0 Å². The number of rotatable bonds is 10. The molecule has 0 aliphatic heterocycles. The molecule has 1 heterocycles. The van der Waals surface area contributed by atoms with Crippen LogP contribution in [0.3, 0.4) is 0 Å². The van der Waals surface area contributed by atoms with E-state index in [4.69, 9.17) is 0 Å². The molecule has 0 amide bonds. The highest BCUT2D eigenvalue weighted by Crippen LogP contribution is 2.49. The maximum atomic E-state index is 2.36. The van der Waals surface area contributed by atoms with Crippen LogP contribution in [-0.4, -0.2) is 0 Å². The Morgan fingerprint density at radius 1 is 0.151 bits per heavy atom. The monoisotopic (exact) mass is 944 g/mol. The van der Waals surface area contributed by atoms with Gasteiger partial charge in [0, 0.05) is 31.3 Å². The number of hydrogen-bond donors (Lipinski definition) is 0. The average molecular weight is 945 g/mol. The van der Waals surface area contributed by atoms with Crippen molar-refractivity contribution in [3.63, 3.8) is 0 Å². The Hall–Kier alpha value is -9.14. The zero-order valence-electron chi connectivity index (χ0n) is 40.1. The summed E-state index contributed by atoms with van der Waals surface area (Å²) in [6.45, 7) is 0. The molecule has 0 aliphatic carbocycles. The van der Waals surface area contributed by atoms with Crippen molar-refractivity contribution in [2.45, 2.75) is 0 Å². The molecule has 342 valence electrons. The molecule has 13 aromatic rings. The molecule has 13 rings (SSSR count). The molecule has 0 spiro atoms. The normalized spacial score (nSPS) is 11.3. The molecule has 0 aliphatic rings. The lowest BCUT2D eigenvalue weighted by molar-refractivity contribution is 1.55. The Bertz CT molecular complexity index is 3730.